The van der Waals surface area contributed by atoms with E-state index in [9.17, 15) is 13.2 Å². The van der Waals surface area contributed by atoms with Crippen LogP contribution in [0.2, 0.25) is 0 Å². The van der Waals surface area contributed by atoms with Gasteiger partial charge in [0, 0.05) is 5.56 Å². The number of aryl methyl sites for hydroxylation is 2. The van der Waals surface area contributed by atoms with E-state index in [1.807, 2.05) is 13.8 Å². The smallest absolute Gasteiger partial charge is 0.262 e. The monoisotopic (exact) mass is 319 g/mol. The largest absolute Gasteiger partial charge is 0.495 e. The maximum Gasteiger partial charge on any atom is 0.262 e. The van der Waals surface area contributed by atoms with Crippen LogP contribution in [0.15, 0.2) is 41.3 Å². The van der Waals surface area contributed by atoms with Gasteiger partial charge in [-0.3, -0.25) is 9.52 Å². The van der Waals surface area contributed by atoms with E-state index in [1.165, 1.54) is 13.2 Å². The highest BCUT2D eigenvalue weighted by Gasteiger charge is 2.17. The Morgan fingerprint density at radius 2 is 1.77 bits per heavy atom. The highest BCUT2D eigenvalue weighted by atomic mass is 32.2. The Balaban J connectivity index is 2.43. The molecular weight excluding hydrogens is 302 g/mol. The fourth-order valence-electron chi connectivity index (χ4n) is 1.96. The molecule has 0 atom stereocenters. The van der Waals surface area contributed by atoms with Crippen molar-refractivity contribution < 1.29 is 17.9 Å². The van der Waals surface area contributed by atoms with E-state index in [2.05, 4.69) is 4.72 Å². The maximum absolute atomic E-state index is 12.5. The van der Waals surface area contributed by atoms with Gasteiger partial charge in [-0.2, -0.15) is 0 Å². The Hall–Kier alpha value is -2.34. The van der Waals surface area contributed by atoms with E-state index in [0.717, 1.165) is 11.1 Å². The van der Waals surface area contributed by atoms with Crippen LogP contribution >= 0.6 is 0 Å². The summed E-state index contributed by atoms with van der Waals surface area (Å²) in [7, 11) is -2.32. The number of hydrogen-bond donors (Lipinski definition) is 1. The summed E-state index contributed by atoms with van der Waals surface area (Å²) in [5.41, 5.74) is 2.49. The molecule has 0 radical (unpaired) electrons. The molecule has 0 saturated heterocycles. The summed E-state index contributed by atoms with van der Waals surface area (Å²) in [6, 6.07) is 9.43. The van der Waals surface area contributed by atoms with Gasteiger partial charge in [0.2, 0.25) is 0 Å². The molecule has 0 unspecified atom stereocenters. The molecule has 0 heterocycles. The summed E-state index contributed by atoms with van der Waals surface area (Å²) in [6.07, 6.45) is 0.646. The number of nitrogens with one attached hydrogen (secondary N) is 1. The molecule has 0 spiro atoms. The molecule has 0 aromatic heterocycles. The van der Waals surface area contributed by atoms with Gasteiger partial charge in [0.25, 0.3) is 10.0 Å². The molecule has 0 fully saturated rings. The quantitative estimate of drug-likeness (QED) is 0.860. The fourth-order valence-corrected chi connectivity index (χ4v) is 3.11. The number of methoxy groups -OCH3 is 1. The minimum Gasteiger partial charge on any atom is -0.495 e. The molecule has 2 aromatic rings. The zero-order chi connectivity index (χ0) is 16.3. The van der Waals surface area contributed by atoms with E-state index in [4.69, 9.17) is 4.74 Å². The zero-order valence-electron chi connectivity index (χ0n) is 12.6. The minimum atomic E-state index is -3.76. The first-order chi connectivity index (χ1) is 10.4. The molecule has 0 aliphatic heterocycles. The van der Waals surface area contributed by atoms with Crippen LogP contribution in [0.25, 0.3) is 0 Å². The zero-order valence-corrected chi connectivity index (χ0v) is 13.4. The Labute approximate surface area is 130 Å². The van der Waals surface area contributed by atoms with Gasteiger partial charge in [0.05, 0.1) is 17.7 Å². The van der Waals surface area contributed by atoms with Crippen LogP contribution in [0, 0.1) is 13.8 Å². The Morgan fingerprint density at radius 1 is 1.05 bits per heavy atom. The lowest BCUT2D eigenvalue weighted by Gasteiger charge is -2.13. The van der Waals surface area contributed by atoms with Gasteiger partial charge in [-0.05, 0) is 55.3 Å². The molecule has 2 rings (SSSR count). The molecule has 0 aliphatic rings. The van der Waals surface area contributed by atoms with E-state index in [1.54, 1.807) is 30.3 Å². The van der Waals surface area contributed by atoms with Crippen molar-refractivity contribution in [1.29, 1.82) is 0 Å². The van der Waals surface area contributed by atoms with Crippen LogP contribution in [0.3, 0.4) is 0 Å². The second-order valence-electron chi connectivity index (χ2n) is 4.93. The van der Waals surface area contributed by atoms with Crippen molar-refractivity contribution in [2.75, 3.05) is 11.8 Å². The Bertz CT molecular complexity index is 813. The van der Waals surface area contributed by atoms with Gasteiger partial charge in [-0.15, -0.1) is 0 Å². The lowest BCUT2D eigenvalue weighted by Crippen LogP contribution is -2.14. The van der Waals surface area contributed by atoms with Crippen molar-refractivity contribution in [2.45, 2.75) is 18.7 Å². The average molecular weight is 319 g/mol. The number of rotatable bonds is 5. The summed E-state index contributed by atoms with van der Waals surface area (Å²) in [5.74, 6) is 0.345. The van der Waals surface area contributed by atoms with Crippen molar-refractivity contribution in [3.05, 3.63) is 53.1 Å². The van der Waals surface area contributed by atoms with E-state index in [0.29, 0.717) is 17.6 Å². The van der Waals surface area contributed by atoms with Crippen molar-refractivity contribution in [1.82, 2.24) is 0 Å². The summed E-state index contributed by atoms with van der Waals surface area (Å²) >= 11 is 0. The highest BCUT2D eigenvalue weighted by Crippen LogP contribution is 2.28. The number of sulfonamides is 1. The topological polar surface area (TPSA) is 72.5 Å². The number of ether oxygens (including phenoxy) is 1. The predicted octanol–water partition coefficient (Wildman–Crippen LogP) is 2.93. The van der Waals surface area contributed by atoms with Crippen LogP contribution in [-0.2, 0) is 10.0 Å². The Kier molecular flexibility index (Phi) is 4.51. The molecule has 0 aliphatic carbocycles. The molecule has 1 N–H and O–H groups in total. The van der Waals surface area contributed by atoms with Crippen molar-refractivity contribution in [3.63, 3.8) is 0 Å². The standard InChI is InChI=1S/C16H17NO4S/c1-11-4-6-14(8-12(11)2)22(19,20)17-15-9-13(10-18)5-7-16(15)21-3/h4-10,17H,1-3H3. The summed E-state index contributed by atoms with van der Waals surface area (Å²) < 4.78 is 32.5. The fraction of sp³-hybridized carbons (Fsp3) is 0.188. The van der Waals surface area contributed by atoms with Gasteiger partial charge in [-0.25, -0.2) is 8.42 Å². The number of carbonyl (C=O) groups excluding carboxylic acids is 1. The van der Waals surface area contributed by atoms with E-state index >= 15 is 0 Å². The molecule has 6 heteroatoms. The SMILES string of the molecule is COc1ccc(C=O)cc1NS(=O)(=O)c1ccc(C)c(C)c1. The summed E-state index contributed by atoms with van der Waals surface area (Å²) in [5, 5.41) is 0. The predicted molar refractivity (Wildman–Crippen MR) is 85.1 cm³/mol. The second-order valence-corrected chi connectivity index (χ2v) is 6.61. The third-order valence-electron chi connectivity index (χ3n) is 3.39. The van der Waals surface area contributed by atoms with Crippen LogP contribution in [0.4, 0.5) is 5.69 Å². The molecular formula is C16H17NO4S. The molecule has 116 valence electrons. The highest BCUT2D eigenvalue weighted by molar-refractivity contribution is 7.92. The van der Waals surface area contributed by atoms with Gasteiger partial charge in [-0.1, -0.05) is 6.07 Å². The lowest BCUT2D eigenvalue weighted by atomic mass is 10.1. The van der Waals surface area contributed by atoms with Crippen LogP contribution in [-0.4, -0.2) is 21.8 Å². The number of hydrogen-bond acceptors (Lipinski definition) is 4. The van der Waals surface area contributed by atoms with Gasteiger partial charge in [0.15, 0.2) is 0 Å². The first-order valence-corrected chi connectivity index (χ1v) is 8.09. The van der Waals surface area contributed by atoms with Crippen molar-refractivity contribution in [2.24, 2.45) is 0 Å². The number of aldehydes is 1. The second kappa shape index (κ2) is 6.19. The molecule has 0 bridgehead atoms. The van der Waals surface area contributed by atoms with E-state index < -0.39 is 10.0 Å². The first kappa shape index (κ1) is 16.0. The Morgan fingerprint density at radius 3 is 2.36 bits per heavy atom. The van der Waals surface area contributed by atoms with E-state index in [-0.39, 0.29) is 10.6 Å². The minimum absolute atomic E-state index is 0.161. The molecule has 22 heavy (non-hydrogen) atoms. The first-order valence-electron chi connectivity index (χ1n) is 6.60. The third kappa shape index (κ3) is 3.28. The van der Waals surface area contributed by atoms with Gasteiger partial charge in [0.1, 0.15) is 12.0 Å². The maximum atomic E-state index is 12.5. The van der Waals surface area contributed by atoms with Crippen molar-refractivity contribution >= 4 is 22.0 Å². The molecule has 0 amide bonds. The normalized spacial score (nSPS) is 11.0. The van der Waals surface area contributed by atoms with Crippen LogP contribution < -0.4 is 9.46 Å². The average Bonchev–Trinajstić information content (AvgIpc) is 2.49. The van der Waals surface area contributed by atoms with Crippen LogP contribution in [0.5, 0.6) is 5.75 Å². The summed E-state index contributed by atoms with van der Waals surface area (Å²) in [4.78, 5) is 11.0. The van der Waals surface area contributed by atoms with Crippen molar-refractivity contribution in [3.8, 4) is 5.75 Å². The number of carbonyl (C=O) groups is 1. The third-order valence-corrected chi connectivity index (χ3v) is 4.76. The van der Waals surface area contributed by atoms with Gasteiger partial charge < -0.3 is 4.74 Å². The molecule has 5 nitrogen and oxygen atoms in total. The van der Waals surface area contributed by atoms with Gasteiger partial charge >= 0.3 is 0 Å². The number of benzene rings is 2. The molecule has 0 saturated carbocycles. The van der Waals surface area contributed by atoms with Crippen LogP contribution in [0.1, 0.15) is 21.5 Å². The lowest BCUT2D eigenvalue weighted by molar-refractivity contribution is 0.112. The summed E-state index contributed by atoms with van der Waals surface area (Å²) in [6.45, 7) is 3.76. The molecule has 2 aromatic carbocycles. The number of anilines is 1.